The Morgan fingerprint density at radius 3 is 2.81 bits per heavy atom. The minimum atomic E-state index is -0.509. The zero-order valence-corrected chi connectivity index (χ0v) is 10.1. The summed E-state index contributed by atoms with van der Waals surface area (Å²) in [6.07, 6.45) is 6.58. The second kappa shape index (κ2) is 3.96. The van der Waals surface area contributed by atoms with Gasteiger partial charge in [0.05, 0.1) is 5.60 Å². The zero-order chi connectivity index (χ0) is 11.0. The number of anilines is 1. The van der Waals surface area contributed by atoms with E-state index in [0.717, 1.165) is 36.6 Å². The number of aliphatic hydroxyl groups is 1. The second-order valence-electron chi connectivity index (χ2n) is 5.02. The molecule has 0 saturated heterocycles. The first-order chi connectivity index (χ1) is 7.75. The van der Waals surface area contributed by atoms with Gasteiger partial charge in [0.15, 0.2) is 0 Å². The molecule has 0 amide bonds. The maximum atomic E-state index is 10.2. The predicted molar refractivity (Wildman–Crippen MR) is 63.8 cm³/mol. The molecule has 0 unspecified atom stereocenters. The normalized spacial score (nSPS) is 23.6. The van der Waals surface area contributed by atoms with Crippen molar-refractivity contribution >= 4 is 16.7 Å². The van der Waals surface area contributed by atoms with Gasteiger partial charge in [0.25, 0.3) is 0 Å². The van der Waals surface area contributed by atoms with E-state index in [9.17, 15) is 5.11 Å². The van der Waals surface area contributed by atoms with Crippen molar-refractivity contribution in [2.75, 3.05) is 11.9 Å². The maximum absolute atomic E-state index is 10.2. The highest BCUT2D eigenvalue weighted by Crippen LogP contribution is 2.39. The fourth-order valence-electron chi connectivity index (χ4n) is 2.26. The molecular formula is C11H17N3OS. The van der Waals surface area contributed by atoms with E-state index in [1.54, 1.807) is 0 Å². The van der Waals surface area contributed by atoms with Crippen molar-refractivity contribution in [2.24, 2.45) is 0 Å². The van der Waals surface area contributed by atoms with Crippen molar-refractivity contribution in [2.45, 2.75) is 50.0 Å². The van der Waals surface area contributed by atoms with Crippen LogP contribution in [-0.4, -0.2) is 26.6 Å². The summed E-state index contributed by atoms with van der Waals surface area (Å²) in [5, 5.41) is 14.3. The molecule has 88 valence electrons. The van der Waals surface area contributed by atoms with Crippen LogP contribution in [0.25, 0.3) is 0 Å². The molecule has 2 N–H and O–H groups in total. The fourth-order valence-corrected chi connectivity index (χ4v) is 2.91. The van der Waals surface area contributed by atoms with Crippen LogP contribution in [-0.2, 0) is 0 Å². The molecule has 0 bridgehead atoms. The third-order valence-electron chi connectivity index (χ3n) is 3.49. The smallest absolute Gasteiger partial charge is 0.202 e. The van der Waals surface area contributed by atoms with Gasteiger partial charge in [-0.2, -0.15) is 4.37 Å². The van der Waals surface area contributed by atoms with Gasteiger partial charge in [-0.25, -0.2) is 4.98 Å². The zero-order valence-electron chi connectivity index (χ0n) is 9.28. The van der Waals surface area contributed by atoms with Crippen molar-refractivity contribution in [3.8, 4) is 0 Å². The molecule has 2 aliphatic carbocycles. The lowest BCUT2D eigenvalue weighted by molar-refractivity contribution is 0.0614. The molecule has 3 rings (SSSR count). The Labute approximate surface area is 99.3 Å². The molecule has 2 fully saturated rings. The molecule has 0 atom stereocenters. The first-order valence-corrected chi connectivity index (χ1v) is 6.82. The van der Waals surface area contributed by atoms with Gasteiger partial charge < -0.3 is 10.4 Å². The van der Waals surface area contributed by atoms with Crippen molar-refractivity contribution < 1.29 is 5.11 Å². The van der Waals surface area contributed by atoms with E-state index in [0.29, 0.717) is 12.5 Å². The quantitative estimate of drug-likeness (QED) is 0.845. The molecule has 0 aliphatic heterocycles. The summed E-state index contributed by atoms with van der Waals surface area (Å²) in [6, 6.07) is 0. The van der Waals surface area contributed by atoms with E-state index < -0.39 is 5.60 Å². The Bertz CT molecular complexity index is 369. The van der Waals surface area contributed by atoms with Crippen LogP contribution in [0.4, 0.5) is 5.13 Å². The molecule has 2 aliphatic rings. The Balaban J connectivity index is 1.56. The predicted octanol–water partition coefficient (Wildman–Crippen LogP) is 2.13. The van der Waals surface area contributed by atoms with Crippen LogP contribution in [0.2, 0.25) is 0 Å². The largest absolute Gasteiger partial charge is 0.388 e. The first-order valence-electron chi connectivity index (χ1n) is 6.05. The highest BCUT2D eigenvalue weighted by Gasteiger charge is 2.31. The molecule has 4 nitrogen and oxygen atoms in total. The highest BCUT2D eigenvalue weighted by atomic mass is 32.1. The van der Waals surface area contributed by atoms with Crippen LogP contribution in [0.15, 0.2) is 0 Å². The van der Waals surface area contributed by atoms with E-state index in [1.165, 1.54) is 24.4 Å². The Morgan fingerprint density at radius 1 is 1.38 bits per heavy atom. The topological polar surface area (TPSA) is 58.0 Å². The molecular weight excluding hydrogens is 222 g/mol. The summed E-state index contributed by atoms with van der Waals surface area (Å²) in [5.74, 6) is 1.60. The van der Waals surface area contributed by atoms with Gasteiger partial charge in [-0.15, -0.1) is 0 Å². The monoisotopic (exact) mass is 239 g/mol. The van der Waals surface area contributed by atoms with Crippen molar-refractivity contribution in [1.82, 2.24) is 9.36 Å². The van der Waals surface area contributed by atoms with E-state index in [-0.39, 0.29) is 0 Å². The first kappa shape index (κ1) is 10.5. The lowest BCUT2D eigenvalue weighted by Gasteiger charge is -2.21. The number of nitrogens with zero attached hydrogens (tertiary/aromatic N) is 2. The molecule has 1 aromatic heterocycles. The molecule has 0 aromatic carbocycles. The number of nitrogens with one attached hydrogen (secondary N) is 1. The molecule has 16 heavy (non-hydrogen) atoms. The van der Waals surface area contributed by atoms with Crippen molar-refractivity contribution in [3.05, 3.63) is 5.82 Å². The van der Waals surface area contributed by atoms with Crippen LogP contribution < -0.4 is 5.32 Å². The Kier molecular flexibility index (Phi) is 2.59. The maximum Gasteiger partial charge on any atom is 0.202 e. The molecule has 0 radical (unpaired) electrons. The van der Waals surface area contributed by atoms with Crippen LogP contribution >= 0.6 is 11.5 Å². The summed E-state index contributed by atoms with van der Waals surface area (Å²) in [5.41, 5.74) is -0.509. The molecule has 0 spiro atoms. The Morgan fingerprint density at radius 2 is 2.12 bits per heavy atom. The van der Waals surface area contributed by atoms with Crippen LogP contribution in [0.3, 0.4) is 0 Å². The fraction of sp³-hybridized carbons (Fsp3) is 0.818. The number of aromatic nitrogens is 2. The van der Waals surface area contributed by atoms with Gasteiger partial charge in [0.1, 0.15) is 5.82 Å². The standard InChI is InChI=1S/C11H17N3OS/c15-11(5-1-2-6-11)7-12-10-13-9(14-16-10)8-3-4-8/h8,15H,1-7H2,(H,12,13,14). The van der Waals surface area contributed by atoms with Gasteiger partial charge in [0.2, 0.25) is 5.13 Å². The third kappa shape index (κ3) is 2.20. The number of hydrogen-bond acceptors (Lipinski definition) is 5. The summed E-state index contributed by atoms with van der Waals surface area (Å²) >= 11 is 1.42. The average Bonchev–Trinajstić information content (AvgIpc) is 2.87. The van der Waals surface area contributed by atoms with Gasteiger partial charge in [-0.3, -0.25) is 0 Å². The molecule has 1 heterocycles. The lowest BCUT2D eigenvalue weighted by Crippen LogP contribution is -2.33. The summed E-state index contributed by atoms with van der Waals surface area (Å²) in [6.45, 7) is 0.617. The molecule has 5 heteroatoms. The average molecular weight is 239 g/mol. The van der Waals surface area contributed by atoms with E-state index in [1.807, 2.05) is 0 Å². The van der Waals surface area contributed by atoms with Crippen LogP contribution in [0, 0.1) is 0 Å². The number of hydrogen-bond donors (Lipinski definition) is 2. The van der Waals surface area contributed by atoms with Crippen molar-refractivity contribution in [1.29, 1.82) is 0 Å². The van der Waals surface area contributed by atoms with Gasteiger partial charge >= 0.3 is 0 Å². The van der Waals surface area contributed by atoms with E-state index in [4.69, 9.17) is 0 Å². The Hall–Kier alpha value is -0.680. The third-order valence-corrected chi connectivity index (χ3v) is 4.17. The van der Waals surface area contributed by atoms with Crippen LogP contribution in [0.1, 0.15) is 50.3 Å². The SMILES string of the molecule is OC1(CNc2nc(C3CC3)ns2)CCCC1. The minimum absolute atomic E-state index is 0.509. The lowest BCUT2D eigenvalue weighted by atomic mass is 10.0. The van der Waals surface area contributed by atoms with Crippen LogP contribution in [0.5, 0.6) is 0 Å². The van der Waals surface area contributed by atoms with E-state index >= 15 is 0 Å². The van der Waals surface area contributed by atoms with Gasteiger partial charge in [-0.1, -0.05) is 12.8 Å². The molecule has 1 aromatic rings. The van der Waals surface area contributed by atoms with Gasteiger partial charge in [-0.05, 0) is 25.7 Å². The van der Waals surface area contributed by atoms with Crippen molar-refractivity contribution in [3.63, 3.8) is 0 Å². The second-order valence-corrected chi connectivity index (χ2v) is 5.77. The summed E-state index contributed by atoms with van der Waals surface area (Å²) < 4.78 is 4.33. The van der Waals surface area contributed by atoms with Gasteiger partial charge in [0, 0.05) is 24.0 Å². The minimum Gasteiger partial charge on any atom is -0.388 e. The summed E-state index contributed by atoms with van der Waals surface area (Å²) in [4.78, 5) is 4.45. The molecule has 2 saturated carbocycles. The van der Waals surface area contributed by atoms with E-state index in [2.05, 4.69) is 14.7 Å². The summed E-state index contributed by atoms with van der Waals surface area (Å²) in [7, 11) is 0. The number of rotatable bonds is 4. The highest BCUT2D eigenvalue weighted by molar-refractivity contribution is 7.09.